The van der Waals surface area contributed by atoms with Crippen molar-refractivity contribution in [2.24, 2.45) is 0 Å². The molecule has 15 heavy (non-hydrogen) atoms. The number of benzene rings is 1. The van der Waals surface area contributed by atoms with Crippen molar-refractivity contribution >= 4 is 21.6 Å². The maximum absolute atomic E-state index is 5.45. The number of ether oxygens (including phenoxy) is 1. The van der Waals surface area contributed by atoms with Crippen LogP contribution in [0.4, 0.5) is 0 Å². The number of rotatable bonds is 3. The molecule has 0 atom stereocenters. The molecule has 0 aliphatic carbocycles. The van der Waals surface area contributed by atoms with Crippen LogP contribution in [0.3, 0.4) is 0 Å². The second-order valence-corrected chi connectivity index (χ2v) is 4.83. The van der Waals surface area contributed by atoms with E-state index in [1.165, 1.54) is 9.71 Å². The highest BCUT2D eigenvalue weighted by Gasteiger charge is 2.07. The highest BCUT2D eigenvalue weighted by molar-refractivity contribution is 7.18. The van der Waals surface area contributed by atoms with Crippen molar-refractivity contribution in [1.82, 2.24) is 4.98 Å². The van der Waals surface area contributed by atoms with Crippen LogP contribution in [0.1, 0.15) is 31.7 Å². The van der Waals surface area contributed by atoms with Crippen LogP contribution in [0, 0.1) is 0 Å². The topological polar surface area (TPSA) is 22.1 Å². The van der Waals surface area contributed by atoms with E-state index in [-0.39, 0.29) is 0 Å². The van der Waals surface area contributed by atoms with Gasteiger partial charge in [0.25, 0.3) is 0 Å². The first-order valence-corrected chi connectivity index (χ1v) is 6.05. The highest BCUT2D eigenvalue weighted by atomic mass is 32.1. The summed E-state index contributed by atoms with van der Waals surface area (Å²) in [5, 5.41) is 1.19. The molecule has 0 saturated carbocycles. The van der Waals surface area contributed by atoms with E-state index in [9.17, 15) is 0 Å². The minimum Gasteiger partial charge on any atom is -0.494 e. The van der Waals surface area contributed by atoms with Gasteiger partial charge in [0, 0.05) is 12.0 Å². The average Bonchev–Trinajstić information content (AvgIpc) is 2.61. The van der Waals surface area contributed by atoms with Crippen LogP contribution in [0.25, 0.3) is 10.2 Å². The molecule has 0 radical (unpaired) electrons. The Hall–Kier alpha value is -1.09. The summed E-state index contributed by atoms with van der Waals surface area (Å²) in [6.45, 7) is 7.03. The van der Waals surface area contributed by atoms with E-state index < -0.39 is 0 Å². The van der Waals surface area contributed by atoms with Gasteiger partial charge in [0.1, 0.15) is 5.75 Å². The van der Waals surface area contributed by atoms with E-state index in [2.05, 4.69) is 24.9 Å². The molecule has 2 nitrogen and oxygen atoms in total. The number of hydrogen-bond acceptors (Lipinski definition) is 3. The Morgan fingerprint density at radius 1 is 1.40 bits per heavy atom. The maximum atomic E-state index is 5.45. The third-order valence-electron chi connectivity index (χ3n) is 2.18. The normalized spacial score (nSPS) is 11.2. The molecular weight excluding hydrogens is 206 g/mol. The number of hydrogen-bond donors (Lipinski definition) is 0. The Kier molecular flexibility index (Phi) is 2.91. The summed E-state index contributed by atoms with van der Waals surface area (Å²) in [7, 11) is 0. The molecule has 0 bridgehead atoms. The van der Waals surface area contributed by atoms with Gasteiger partial charge in [0.2, 0.25) is 0 Å². The third kappa shape index (κ3) is 2.12. The molecule has 0 aliphatic rings. The fourth-order valence-electron chi connectivity index (χ4n) is 1.43. The summed E-state index contributed by atoms with van der Waals surface area (Å²) in [5.74, 6) is 1.41. The van der Waals surface area contributed by atoms with Crippen molar-refractivity contribution in [3.05, 3.63) is 23.2 Å². The summed E-state index contributed by atoms with van der Waals surface area (Å²) >= 11 is 1.77. The van der Waals surface area contributed by atoms with Gasteiger partial charge in [0.05, 0.1) is 21.8 Å². The van der Waals surface area contributed by atoms with Gasteiger partial charge in [0.15, 0.2) is 0 Å². The second-order valence-electron chi connectivity index (χ2n) is 3.77. The molecule has 0 unspecified atom stereocenters. The fraction of sp³-hybridized carbons (Fsp3) is 0.417. The van der Waals surface area contributed by atoms with Crippen LogP contribution in [0.15, 0.2) is 18.2 Å². The standard InChI is InChI=1S/C12H15NOS/c1-4-14-9-5-6-11-10(7-9)13-12(15-11)8(2)3/h5-8H,4H2,1-3H3. The van der Waals surface area contributed by atoms with E-state index in [1.54, 1.807) is 11.3 Å². The number of fused-ring (bicyclic) bond motifs is 1. The van der Waals surface area contributed by atoms with Crippen LogP contribution >= 0.6 is 11.3 Å². The average molecular weight is 221 g/mol. The first-order valence-electron chi connectivity index (χ1n) is 5.24. The third-order valence-corrected chi connectivity index (χ3v) is 3.52. The lowest BCUT2D eigenvalue weighted by atomic mass is 10.2. The van der Waals surface area contributed by atoms with Crippen molar-refractivity contribution in [1.29, 1.82) is 0 Å². The van der Waals surface area contributed by atoms with Crippen LogP contribution in [0.5, 0.6) is 5.75 Å². The van der Waals surface area contributed by atoms with Gasteiger partial charge in [-0.1, -0.05) is 13.8 Å². The quantitative estimate of drug-likeness (QED) is 0.786. The van der Waals surface area contributed by atoms with Gasteiger partial charge >= 0.3 is 0 Å². The van der Waals surface area contributed by atoms with Gasteiger partial charge in [-0.05, 0) is 19.1 Å². The Bertz CT molecular complexity index is 462. The molecule has 0 aliphatic heterocycles. The summed E-state index contributed by atoms with van der Waals surface area (Å²) in [5.41, 5.74) is 1.05. The lowest BCUT2D eigenvalue weighted by Crippen LogP contribution is -1.90. The molecule has 0 N–H and O–H groups in total. The zero-order chi connectivity index (χ0) is 10.8. The van der Waals surface area contributed by atoms with Crippen molar-refractivity contribution in [3.63, 3.8) is 0 Å². The lowest BCUT2D eigenvalue weighted by molar-refractivity contribution is 0.340. The molecule has 80 valence electrons. The van der Waals surface area contributed by atoms with E-state index in [0.717, 1.165) is 11.3 Å². The summed E-state index contributed by atoms with van der Waals surface area (Å²) in [6, 6.07) is 6.11. The van der Waals surface area contributed by atoms with E-state index >= 15 is 0 Å². The van der Waals surface area contributed by atoms with Gasteiger partial charge < -0.3 is 4.74 Å². The van der Waals surface area contributed by atoms with Crippen molar-refractivity contribution < 1.29 is 4.74 Å². The highest BCUT2D eigenvalue weighted by Crippen LogP contribution is 2.29. The summed E-state index contributed by atoms with van der Waals surface area (Å²) < 4.78 is 6.69. The molecule has 0 spiro atoms. The monoisotopic (exact) mass is 221 g/mol. The minimum absolute atomic E-state index is 0.498. The number of thiazole rings is 1. The fourth-order valence-corrected chi connectivity index (χ4v) is 2.38. The molecular formula is C12H15NOS. The van der Waals surface area contributed by atoms with E-state index in [4.69, 9.17) is 4.74 Å². The van der Waals surface area contributed by atoms with Gasteiger partial charge in [-0.2, -0.15) is 0 Å². The largest absolute Gasteiger partial charge is 0.494 e. The molecule has 1 aromatic carbocycles. The second kappa shape index (κ2) is 4.19. The molecule has 2 rings (SSSR count). The van der Waals surface area contributed by atoms with Crippen LogP contribution in [-0.2, 0) is 0 Å². The van der Waals surface area contributed by atoms with Gasteiger partial charge in [-0.25, -0.2) is 4.98 Å². The van der Waals surface area contributed by atoms with Crippen molar-refractivity contribution in [3.8, 4) is 5.75 Å². The minimum atomic E-state index is 0.498. The van der Waals surface area contributed by atoms with Gasteiger partial charge in [-0.3, -0.25) is 0 Å². The van der Waals surface area contributed by atoms with Crippen molar-refractivity contribution in [2.45, 2.75) is 26.7 Å². The zero-order valence-corrected chi connectivity index (χ0v) is 10.1. The first kappa shape index (κ1) is 10.4. The Labute approximate surface area is 93.9 Å². The summed E-state index contributed by atoms with van der Waals surface area (Å²) in [6.07, 6.45) is 0. The maximum Gasteiger partial charge on any atom is 0.121 e. The molecule has 0 saturated heterocycles. The van der Waals surface area contributed by atoms with E-state index in [1.807, 2.05) is 19.1 Å². The predicted octanol–water partition coefficient (Wildman–Crippen LogP) is 3.82. The van der Waals surface area contributed by atoms with E-state index in [0.29, 0.717) is 12.5 Å². The number of aromatic nitrogens is 1. The summed E-state index contributed by atoms with van der Waals surface area (Å²) in [4.78, 5) is 4.59. The smallest absolute Gasteiger partial charge is 0.121 e. The molecule has 2 aromatic rings. The van der Waals surface area contributed by atoms with Crippen LogP contribution in [0.2, 0.25) is 0 Å². The Balaban J connectivity index is 2.43. The molecule has 3 heteroatoms. The SMILES string of the molecule is CCOc1ccc2sc(C(C)C)nc2c1. The lowest BCUT2D eigenvalue weighted by Gasteiger charge is -2.00. The molecule has 0 amide bonds. The van der Waals surface area contributed by atoms with Crippen LogP contribution < -0.4 is 4.74 Å². The Morgan fingerprint density at radius 3 is 2.87 bits per heavy atom. The first-order chi connectivity index (χ1) is 7.20. The van der Waals surface area contributed by atoms with Crippen molar-refractivity contribution in [2.75, 3.05) is 6.61 Å². The molecule has 1 heterocycles. The molecule has 0 fully saturated rings. The number of nitrogens with zero attached hydrogens (tertiary/aromatic N) is 1. The van der Waals surface area contributed by atoms with Crippen LogP contribution in [-0.4, -0.2) is 11.6 Å². The molecule has 1 aromatic heterocycles. The van der Waals surface area contributed by atoms with Gasteiger partial charge in [-0.15, -0.1) is 11.3 Å². The predicted molar refractivity (Wildman–Crippen MR) is 64.9 cm³/mol. The Morgan fingerprint density at radius 2 is 2.20 bits per heavy atom. The zero-order valence-electron chi connectivity index (χ0n) is 9.28.